The van der Waals surface area contributed by atoms with Gasteiger partial charge < -0.3 is 15.1 Å². The van der Waals surface area contributed by atoms with Gasteiger partial charge in [0.15, 0.2) is 0 Å². The summed E-state index contributed by atoms with van der Waals surface area (Å²) in [6.45, 7) is 3.69. The highest BCUT2D eigenvalue weighted by Crippen LogP contribution is 2.38. The monoisotopic (exact) mass is 516 g/mol. The van der Waals surface area contributed by atoms with Crippen molar-refractivity contribution in [3.63, 3.8) is 0 Å². The lowest BCUT2D eigenvalue weighted by Crippen LogP contribution is -2.48. The SMILES string of the molecule is Cc1ccsc1C(=O)N(CC(=O)Nc1ccc2c(c1)C[C@@]1(C2)C(=O)NC(=O)N1C)[C@H](C)c1ccccc1. The number of hydrogen-bond acceptors (Lipinski definition) is 5. The quantitative estimate of drug-likeness (QED) is 0.485. The van der Waals surface area contributed by atoms with Crippen molar-refractivity contribution in [1.29, 1.82) is 0 Å². The van der Waals surface area contributed by atoms with E-state index in [1.54, 1.807) is 18.0 Å². The number of imide groups is 1. The third kappa shape index (κ3) is 4.40. The van der Waals surface area contributed by atoms with Gasteiger partial charge in [0.1, 0.15) is 12.1 Å². The summed E-state index contributed by atoms with van der Waals surface area (Å²) in [5, 5.41) is 7.19. The van der Waals surface area contributed by atoms with Gasteiger partial charge in [0, 0.05) is 25.6 Å². The van der Waals surface area contributed by atoms with Crippen molar-refractivity contribution < 1.29 is 19.2 Å². The van der Waals surface area contributed by atoms with E-state index in [4.69, 9.17) is 0 Å². The third-order valence-corrected chi connectivity index (χ3v) is 8.43. The minimum Gasteiger partial charge on any atom is -0.325 e. The maximum atomic E-state index is 13.5. The number of nitrogens with one attached hydrogen (secondary N) is 2. The molecule has 2 aliphatic rings. The smallest absolute Gasteiger partial charge is 0.324 e. The maximum absolute atomic E-state index is 13.5. The number of thiophene rings is 1. The molecule has 0 unspecified atom stereocenters. The Balaban J connectivity index is 1.34. The molecule has 1 spiro atoms. The van der Waals surface area contributed by atoms with Gasteiger partial charge >= 0.3 is 6.03 Å². The Morgan fingerprint density at radius 1 is 1.11 bits per heavy atom. The van der Waals surface area contributed by atoms with Gasteiger partial charge in [0.25, 0.3) is 11.8 Å². The van der Waals surface area contributed by atoms with Crippen molar-refractivity contribution in [2.75, 3.05) is 18.9 Å². The van der Waals surface area contributed by atoms with Crippen LogP contribution in [-0.2, 0) is 22.4 Å². The first-order valence-electron chi connectivity index (χ1n) is 12.1. The Morgan fingerprint density at radius 3 is 2.49 bits per heavy atom. The van der Waals surface area contributed by atoms with Crippen LogP contribution >= 0.6 is 11.3 Å². The van der Waals surface area contributed by atoms with Crippen molar-refractivity contribution in [2.24, 2.45) is 0 Å². The molecule has 0 radical (unpaired) electrons. The molecule has 1 aliphatic carbocycles. The molecular formula is C28H28N4O4S. The van der Waals surface area contributed by atoms with Gasteiger partial charge in [-0.2, -0.15) is 0 Å². The second kappa shape index (κ2) is 9.48. The summed E-state index contributed by atoms with van der Waals surface area (Å²) in [6.07, 6.45) is 0.815. The summed E-state index contributed by atoms with van der Waals surface area (Å²) in [4.78, 5) is 55.0. The Bertz CT molecular complexity index is 1400. The lowest BCUT2D eigenvalue weighted by atomic mass is 9.95. The number of aryl methyl sites for hydroxylation is 1. The minimum atomic E-state index is -0.922. The molecule has 0 bridgehead atoms. The summed E-state index contributed by atoms with van der Waals surface area (Å²) >= 11 is 1.37. The van der Waals surface area contributed by atoms with E-state index in [-0.39, 0.29) is 30.3 Å². The number of carbonyl (C=O) groups is 4. The highest BCUT2D eigenvalue weighted by molar-refractivity contribution is 7.12. The molecule has 1 fully saturated rings. The molecule has 0 saturated carbocycles. The fraction of sp³-hybridized carbons (Fsp3) is 0.286. The first-order chi connectivity index (χ1) is 17.7. The van der Waals surface area contributed by atoms with E-state index in [2.05, 4.69) is 10.6 Å². The van der Waals surface area contributed by atoms with Crippen LogP contribution in [0.5, 0.6) is 0 Å². The van der Waals surface area contributed by atoms with Crippen LogP contribution in [0.15, 0.2) is 60.0 Å². The molecule has 37 heavy (non-hydrogen) atoms. The number of urea groups is 1. The lowest BCUT2D eigenvalue weighted by Gasteiger charge is -2.29. The molecule has 190 valence electrons. The molecule has 3 aromatic rings. The summed E-state index contributed by atoms with van der Waals surface area (Å²) in [6, 6.07) is 16.4. The van der Waals surface area contributed by atoms with Gasteiger partial charge in [-0.15, -0.1) is 11.3 Å². The summed E-state index contributed by atoms with van der Waals surface area (Å²) in [5.74, 6) is -0.798. The molecule has 1 aromatic heterocycles. The normalized spacial score (nSPS) is 19.1. The molecule has 9 heteroatoms. The van der Waals surface area contributed by atoms with Crippen molar-refractivity contribution in [3.05, 3.63) is 87.1 Å². The zero-order valence-corrected chi connectivity index (χ0v) is 21.7. The van der Waals surface area contributed by atoms with Gasteiger partial charge in [0.05, 0.1) is 10.9 Å². The van der Waals surface area contributed by atoms with Crippen molar-refractivity contribution in [1.82, 2.24) is 15.1 Å². The zero-order chi connectivity index (χ0) is 26.3. The molecule has 5 rings (SSSR count). The van der Waals surface area contributed by atoms with Crippen LogP contribution in [0, 0.1) is 6.92 Å². The Labute approximate surface area is 219 Å². The van der Waals surface area contributed by atoms with Crippen LogP contribution in [0.3, 0.4) is 0 Å². The molecular weight excluding hydrogens is 488 g/mol. The largest absolute Gasteiger partial charge is 0.325 e. The van der Waals surface area contributed by atoms with Gasteiger partial charge in [-0.3, -0.25) is 19.7 Å². The third-order valence-electron chi connectivity index (χ3n) is 7.43. The molecule has 1 aliphatic heterocycles. The Morgan fingerprint density at radius 2 is 1.84 bits per heavy atom. The molecule has 5 amide bonds. The van der Waals surface area contributed by atoms with E-state index in [1.807, 2.05) is 67.8 Å². The average molecular weight is 517 g/mol. The van der Waals surface area contributed by atoms with Crippen molar-refractivity contribution >= 4 is 40.8 Å². The minimum absolute atomic E-state index is 0.118. The Hall–Kier alpha value is -3.98. The number of fused-ring (bicyclic) bond motifs is 1. The van der Waals surface area contributed by atoms with Gasteiger partial charge in [-0.1, -0.05) is 36.4 Å². The predicted molar refractivity (Wildman–Crippen MR) is 141 cm³/mol. The van der Waals surface area contributed by atoms with Crippen LogP contribution in [0.2, 0.25) is 0 Å². The van der Waals surface area contributed by atoms with Crippen LogP contribution in [0.1, 0.15) is 44.9 Å². The number of amides is 5. The van der Waals surface area contributed by atoms with Crippen molar-refractivity contribution in [3.8, 4) is 0 Å². The number of rotatable bonds is 6. The summed E-state index contributed by atoms with van der Waals surface area (Å²) in [7, 11) is 1.63. The van der Waals surface area contributed by atoms with E-state index >= 15 is 0 Å². The molecule has 1 saturated heterocycles. The lowest BCUT2D eigenvalue weighted by molar-refractivity contribution is -0.125. The highest BCUT2D eigenvalue weighted by Gasteiger charge is 2.54. The fourth-order valence-electron chi connectivity index (χ4n) is 5.15. The van der Waals surface area contributed by atoms with Crippen LogP contribution < -0.4 is 10.6 Å². The van der Waals surface area contributed by atoms with Gasteiger partial charge in [0.2, 0.25) is 5.91 Å². The molecule has 2 aromatic carbocycles. The fourth-order valence-corrected chi connectivity index (χ4v) is 6.03. The molecule has 2 N–H and O–H groups in total. The maximum Gasteiger partial charge on any atom is 0.324 e. The van der Waals surface area contributed by atoms with Crippen LogP contribution in [-0.4, -0.2) is 52.7 Å². The number of hydrogen-bond donors (Lipinski definition) is 2. The predicted octanol–water partition coefficient (Wildman–Crippen LogP) is 3.92. The van der Waals surface area contributed by atoms with E-state index in [1.165, 1.54) is 16.2 Å². The summed E-state index contributed by atoms with van der Waals surface area (Å²) in [5.41, 5.74) is 3.36. The molecule has 2 heterocycles. The van der Waals surface area contributed by atoms with Crippen LogP contribution in [0.4, 0.5) is 10.5 Å². The number of benzene rings is 2. The molecule has 2 atom stereocenters. The first kappa shape index (κ1) is 24.7. The van der Waals surface area contributed by atoms with Crippen molar-refractivity contribution in [2.45, 2.75) is 38.3 Å². The van der Waals surface area contributed by atoms with E-state index < -0.39 is 11.6 Å². The van der Waals surface area contributed by atoms with E-state index in [9.17, 15) is 19.2 Å². The topological polar surface area (TPSA) is 98.8 Å². The first-order valence-corrected chi connectivity index (χ1v) is 13.0. The van der Waals surface area contributed by atoms with Crippen LogP contribution in [0.25, 0.3) is 0 Å². The number of likely N-dealkylation sites (N-methyl/N-ethyl adjacent to an activating group) is 1. The number of anilines is 1. The average Bonchev–Trinajstić information content (AvgIpc) is 3.55. The standard InChI is InChI=1S/C28H28N4O4S/c1-17-11-12-37-24(17)25(34)32(18(2)19-7-5-4-6-8-19)16-23(33)29-22-10-9-20-14-28(15-21(20)13-22)26(35)30-27(36)31(28)3/h4-13,18H,14-16H2,1-3H3,(H,29,33)(H,30,35,36)/t18-,28+/m1/s1. The number of nitrogens with zero attached hydrogens (tertiary/aromatic N) is 2. The Kier molecular flexibility index (Phi) is 6.33. The zero-order valence-electron chi connectivity index (χ0n) is 20.9. The van der Waals surface area contributed by atoms with Gasteiger partial charge in [-0.25, -0.2) is 4.79 Å². The van der Waals surface area contributed by atoms with E-state index in [0.29, 0.717) is 23.4 Å². The number of carbonyl (C=O) groups excluding carboxylic acids is 4. The second-order valence-corrected chi connectivity index (χ2v) is 10.6. The summed E-state index contributed by atoms with van der Waals surface area (Å²) < 4.78 is 0. The van der Waals surface area contributed by atoms with Gasteiger partial charge in [-0.05, 0) is 59.7 Å². The second-order valence-electron chi connectivity index (χ2n) is 9.69. The molecule has 8 nitrogen and oxygen atoms in total. The highest BCUT2D eigenvalue weighted by atomic mass is 32.1. The van der Waals surface area contributed by atoms with E-state index in [0.717, 1.165) is 22.3 Å².